The van der Waals surface area contributed by atoms with Crippen molar-refractivity contribution in [2.75, 3.05) is 13.0 Å². The van der Waals surface area contributed by atoms with Crippen molar-refractivity contribution in [3.05, 3.63) is 59.7 Å². The Kier molecular flexibility index (Phi) is 3.97. The molecule has 1 aliphatic rings. The third-order valence-corrected chi connectivity index (χ3v) is 4.12. The second-order valence-corrected chi connectivity index (χ2v) is 5.42. The van der Waals surface area contributed by atoms with Crippen LogP contribution in [0.4, 0.5) is 0 Å². The molecule has 2 aromatic rings. The van der Waals surface area contributed by atoms with Crippen molar-refractivity contribution in [1.82, 2.24) is 0 Å². The molecule has 1 aliphatic heterocycles. The number of fused-ring (bicyclic) bond motifs is 1. The Balaban J connectivity index is 1.95. The highest BCUT2D eigenvalue weighted by atomic mass is 32.2. The minimum absolute atomic E-state index is 0.0782. The maximum Gasteiger partial charge on any atom is 0.190 e. The highest BCUT2D eigenvalue weighted by Crippen LogP contribution is 2.43. The van der Waals surface area contributed by atoms with Crippen molar-refractivity contribution in [2.24, 2.45) is 0 Å². The molecule has 0 atom stereocenters. The summed E-state index contributed by atoms with van der Waals surface area (Å²) in [6.07, 6.45) is 3.38. The minimum atomic E-state index is -0.0782. The molecule has 0 fully saturated rings. The molecule has 3 nitrogen and oxygen atoms in total. The molecule has 0 aliphatic carbocycles. The summed E-state index contributed by atoms with van der Waals surface area (Å²) in [7, 11) is 1.57. The van der Waals surface area contributed by atoms with E-state index in [-0.39, 0.29) is 5.78 Å². The van der Waals surface area contributed by atoms with E-state index >= 15 is 0 Å². The Labute approximate surface area is 127 Å². The first kappa shape index (κ1) is 13.8. The van der Waals surface area contributed by atoms with Crippen LogP contribution < -0.4 is 9.47 Å². The molecule has 106 valence electrons. The minimum Gasteiger partial charge on any atom is -0.496 e. The van der Waals surface area contributed by atoms with E-state index in [2.05, 4.69) is 0 Å². The Bertz CT molecular complexity index is 693. The van der Waals surface area contributed by atoms with E-state index in [9.17, 15) is 4.79 Å². The van der Waals surface area contributed by atoms with Gasteiger partial charge in [0.05, 0.1) is 17.6 Å². The van der Waals surface area contributed by atoms with Crippen LogP contribution >= 0.6 is 11.8 Å². The molecule has 0 amide bonds. The number of hydrogen-bond donors (Lipinski definition) is 0. The lowest BCUT2D eigenvalue weighted by Crippen LogP contribution is -2.01. The van der Waals surface area contributed by atoms with Crippen molar-refractivity contribution in [1.29, 1.82) is 0 Å². The van der Waals surface area contributed by atoms with E-state index in [1.807, 2.05) is 42.5 Å². The van der Waals surface area contributed by atoms with Crippen LogP contribution in [-0.4, -0.2) is 18.8 Å². The van der Waals surface area contributed by atoms with Crippen molar-refractivity contribution in [3.8, 4) is 11.5 Å². The van der Waals surface area contributed by atoms with Crippen LogP contribution in [0.5, 0.6) is 11.5 Å². The standard InChI is InChI=1S/C17H14O3S/c1-19-14-9-10-15-17(21-11-20-15)16(14)13(18)8-7-12-5-3-2-4-6-12/h2-10H,11H2,1H3. The van der Waals surface area contributed by atoms with Gasteiger partial charge in [0, 0.05) is 0 Å². The number of carbonyl (C=O) groups is 1. The molecule has 4 heteroatoms. The zero-order valence-electron chi connectivity index (χ0n) is 11.5. The molecule has 0 saturated heterocycles. The summed E-state index contributed by atoms with van der Waals surface area (Å²) in [6, 6.07) is 13.3. The first-order chi connectivity index (χ1) is 10.3. The quantitative estimate of drug-likeness (QED) is 0.630. The maximum absolute atomic E-state index is 12.5. The number of hydrogen-bond acceptors (Lipinski definition) is 4. The van der Waals surface area contributed by atoms with E-state index in [1.54, 1.807) is 19.3 Å². The summed E-state index contributed by atoms with van der Waals surface area (Å²) >= 11 is 1.52. The van der Waals surface area contributed by atoms with Crippen molar-refractivity contribution < 1.29 is 14.3 Å². The van der Waals surface area contributed by atoms with E-state index in [0.717, 1.165) is 16.2 Å². The number of carbonyl (C=O) groups excluding carboxylic acids is 1. The van der Waals surface area contributed by atoms with Gasteiger partial charge in [0.2, 0.25) is 0 Å². The van der Waals surface area contributed by atoms with Crippen LogP contribution in [0.15, 0.2) is 53.4 Å². The van der Waals surface area contributed by atoms with Crippen molar-refractivity contribution >= 4 is 23.6 Å². The number of allylic oxidation sites excluding steroid dienone is 1. The number of ketones is 1. The molecule has 0 aromatic heterocycles. The molecule has 21 heavy (non-hydrogen) atoms. The van der Waals surface area contributed by atoms with Crippen molar-refractivity contribution in [2.45, 2.75) is 4.90 Å². The van der Waals surface area contributed by atoms with Crippen LogP contribution in [0.3, 0.4) is 0 Å². The first-order valence-electron chi connectivity index (χ1n) is 6.53. The summed E-state index contributed by atoms with van der Waals surface area (Å²) in [5.74, 6) is 1.78. The fourth-order valence-electron chi connectivity index (χ4n) is 2.18. The van der Waals surface area contributed by atoms with Gasteiger partial charge in [0.25, 0.3) is 0 Å². The molecule has 2 aromatic carbocycles. The number of rotatable bonds is 4. The third kappa shape index (κ3) is 2.81. The van der Waals surface area contributed by atoms with E-state index in [4.69, 9.17) is 9.47 Å². The van der Waals surface area contributed by atoms with Gasteiger partial charge in [0.15, 0.2) is 5.78 Å². The molecule has 0 unspecified atom stereocenters. The average molecular weight is 298 g/mol. The van der Waals surface area contributed by atoms with Crippen molar-refractivity contribution in [3.63, 3.8) is 0 Å². The maximum atomic E-state index is 12.5. The van der Waals surface area contributed by atoms with Gasteiger partial charge in [-0.05, 0) is 23.8 Å². The Morgan fingerprint density at radius 2 is 2.05 bits per heavy atom. The molecule has 0 radical (unpaired) electrons. The fourth-order valence-corrected chi connectivity index (χ4v) is 3.10. The fraction of sp³-hybridized carbons (Fsp3) is 0.118. The Hall–Kier alpha value is -2.20. The Morgan fingerprint density at radius 3 is 2.81 bits per heavy atom. The summed E-state index contributed by atoms with van der Waals surface area (Å²) in [6.45, 7) is 0. The largest absolute Gasteiger partial charge is 0.496 e. The monoisotopic (exact) mass is 298 g/mol. The summed E-state index contributed by atoms with van der Waals surface area (Å²) in [5.41, 5.74) is 1.56. The molecule has 0 bridgehead atoms. The molecular formula is C17H14O3S. The molecular weight excluding hydrogens is 284 g/mol. The average Bonchev–Trinajstić information content (AvgIpc) is 3.01. The van der Waals surface area contributed by atoms with Gasteiger partial charge in [-0.15, -0.1) is 0 Å². The highest BCUT2D eigenvalue weighted by molar-refractivity contribution is 7.99. The normalized spacial score (nSPS) is 13.0. The lowest BCUT2D eigenvalue weighted by Gasteiger charge is -2.09. The number of ether oxygens (including phenoxy) is 2. The summed E-state index contributed by atoms with van der Waals surface area (Å²) in [5, 5.41) is 0. The van der Waals surface area contributed by atoms with Gasteiger partial charge >= 0.3 is 0 Å². The zero-order chi connectivity index (χ0) is 14.7. The van der Waals surface area contributed by atoms with Gasteiger partial charge in [-0.2, -0.15) is 0 Å². The smallest absolute Gasteiger partial charge is 0.190 e. The topological polar surface area (TPSA) is 35.5 Å². The predicted molar refractivity (Wildman–Crippen MR) is 84.2 cm³/mol. The molecule has 0 N–H and O–H groups in total. The van der Waals surface area contributed by atoms with Crippen LogP contribution in [0, 0.1) is 0 Å². The van der Waals surface area contributed by atoms with Crippen LogP contribution in [0.2, 0.25) is 0 Å². The second-order valence-electron chi connectivity index (χ2n) is 4.48. The van der Waals surface area contributed by atoms with Crippen LogP contribution in [0.1, 0.15) is 15.9 Å². The predicted octanol–water partition coefficient (Wildman–Crippen LogP) is 4.03. The number of thioether (sulfide) groups is 1. The van der Waals surface area contributed by atoms with Crippen LogP contribution in [-0.2, 0) is 0 Å². The molecule has 0 spiro atoms. The van der Waals surface area contributed by atoms with Crippen LogP contribution in [0.25, 0.3) is 6.08 Å². The molecule has 3 rings (SSSR count). The van der Waals surface area contributed by atoms with E-state index in [0.29, 0.717) is 17.3 Å². The number of benzene rings is 2. The van der Waals surface area contributed by atoms with E-state index < -0.39 is 0 Å². The Morgan fingerprint density at radius 1 is 1.24 bits per heavy atom. The van der Waals surface area contributed by atoms with E-state index in [1.165, 1.54) is 11.8 Å². The third-order valence-electron chi connectivity index (χ3n) is 3.19. The van der Waals surface area contributed by atoms with Gasteiger partial charge in [0.1, 0.15) is 17.4 Å². The lowest BCUT2D eigenvalue weighted by atomic mass is 10.1. The van der Waals surface area contributed by atoms with Gasteiger partial charge < -0.3 is 9.47 Å². The number of methoxy groups -OCH3 is 1. The molecule has 0 saturated carbocycles. The SMILES string of the molecule is COc1ccc2c(c1C(=O)C=Cc1ccccc1)SCO2. The zero-order valence-corrected chi connectivity index (χ0v) is 12.4. The van der Waals surface area contributed by atoms with Gasteiger partial charge in [-0.3, -0.25) is 4.79 Å². The lowest BCUT2D eigenvalue weighted by molar-refractivity contribution is 0.104. The molecule has 1 heterocycles. The van der Waals surface area contributed by atoms with Gasteiger partial charge in [-0.25, -0.2) is 0 Å². The summed E-state index contributed by atoms with van der Waals surface area (Å²) < 4.78 is 10.8. The highest BCUT2D eigenvalue weighted by Gasteiger charge is 2.24. The first-order valence-corrected chi connectivity index (χ1v) is 7.52. The van der Waals surface area contributed by atoms with Gasteiger partial charge in [-0.1, -0.05) is 48.2 Å². The summed E-state index contributed by atoms with van der Waals surface area (Å²) in [4.78, 5) is 13.4. The second kappa shape index (κ2) is 6.06.